The summed E-state index contributed by atoms with van der Waals surface area (Å²) >= 11 is 0. The van der Waals surface area contributed by atoms with Crippen LogP contribution in [0.5, 0.6) is 5.75 Å². The molecule has 0 aliphatic rings. The Morgan fingerprint density at radius 2 is 1.87 bits per heavy atom. The Bertz CT molecular complexity index is 799. The third kappa shape index (κ3) is 3.94. The quantitative estimate of drug-likeness (QED) is 0.757. The van der Waals surface area contributed by atoms with Crippen molar-refractivity contribution in [1.82, 2.24) is 10.2 Å². The van der Waals surface area contributed by atoms with Crippen LogP contribution in [0.1, 0.15) is 21.5 Å². The first-order valence-electron chi connectivity index (χ1n) is 6.91. The molecule has 0 radical (unpaired) electrons. The Kier molecular flexibility index (Phi) is 5.09. The highest BCUT2D eigenvalue weighted by atomic mass is 16.4. The molecule has 6 nitrogen and oxygen atoms in total. The van der Waals surface area contributed by atoms with Gasteiger partial charge in [-0.1, -0.05) is 24.3 Å². The number of carbonyl (C=O) groups excluding carboxylic acids is 1. The Morgan fingerprint density at radius 1 is 1.13 bits per heavy atom. The van der Waals surface area contributed by atoms with Gasteiger partial charge in [0, 0.05) is 5.56 Å². The van der Waals surface area contributed by atoms with E-state index in [0.29, 0.717) is 17.0 Å². The lowest BCUT2D eigenvalue weighted by Gasteiger charge is -2.03. The van der Waals surface area contributed by atoms with E-state index < -0.39 is 0 Å². The number of hydrogen-bond acceptors (Lipinski definition) is 5. The van der Waals surface area contributed by atoms with Crippen molar-refractivity contribution in [3.63, 3.8) is 0 Å². The number of nitrogens with zero attached hydrogens (tertiary/aromatic N) is 2. The first kappa shape index (κ1) is 16.2. The monoisotopic (exact) mass is 311 g/mol. The normalized spacial score (nSPS) is 9.83. The molecule has 3 N–H and O–H groups in total. The summed E-state index contributed by atoms with van der Waals surface area (Å²) in [5, 5.41) is 16.5. The van der Waals surface area contributed by atoms with Gasteiger partial charge in [-0.15, -0.1) is 10.2 Å². The molecule has 118 valence electrons. The summed E-state index contributed by atoms with van der Waals surface area (Å²) in [6, 6.07) is 12.3. The Hall–Kier alpha value is -3.15. The molecule has 3 rings (SSSR count). The van der Waals surface area contributed by atoms with Crippen molar-refractivity contribution >= 4 is 5.91 Å². The summed E-state index contributed by atoms with van der Waals surface area (Å²) in [5.74, 6) is 0.112. The molecule has 6 heteroatoms. The van der Waals surface area contributed by atoms with Gasteiger partial charge in [0.15, 0.2) is 0 Å². The Balaban J connectivity index is 0.000000168. The molecule has 1 heterocycles. The minimum atomic E-state index is -0.355. The van der Waals surface area contributed by atoms with Gasteiger partial charge in [-0.25, -0.2) is 0 Å². The second-order valence-corrected chi connectivity index (χ2v) is 4.87. The molecular weight excluding hydrogens is 294 g/mol. The highest BCUT2D eigenvalue weighted by Gasteiger charge is 2.07. The van der Waals surface area contributed by atoms with Gasteiger partial charge < -0.3 is 15.3 Å². The van der Waals surface area contributed by atoms with E-state index >= 15 is 0 Å². The minimum absolute atomic E-state index is 0.141. The molecule has 0 fully saturated rings. The number of carbonyl (C=O) groups is 1. The second-order valence-electron chi connectivity index (χ2n) is 4.87. The van der Waals surface area contributed by atoms with E-state index in [1.165, 1.54) is 6.39 Å². The molecule has 1 aromatic heterocycles. The molecule has 1 amide bonds. The number of phenols is 1. The molecule has 0 aliphatic heterocycles. The van der Waals surface area contributed by atoms with Gasteiger partial charge >= 0.3 is 0 Å². The Labute approximate surface area is 133 Å². The smallest absolute Gasteiger partial charge is 0.251 e. The molecule has 0 saturated heterocycles. The maximum absolute atomic E-state index is 10.8. The molecule has 3 aromatic rings. The van der Waals surface area contributed by atoms with Crippen molar-refractivity contribution in [3.8, 4) is 17.2 Å². The van der Waals surface area contributed by atoms with E-state index in [1.54, 1.807) is 30.3 Å². The number of phenolic OH excluding ortho intramolecular Hbond substituents is 1. The number of para-hydroxylation sites is 1. The van der Waals surface area contributed by atoms with Crippen LogP contribution in [0.4, 0.5) is 0 Å². The third-order valence-corrected chi connectivity index (χ3v) is 3.36. The predicted molar refractivity (Wildman–Crippen MR) is 85.8 cm³/mol. The van der Waals surface area contributed by atoms with Crippen LogP contribution in [-0.2, 0) is 0 Å². The minimum Gasteiger partial charge on any atom is -0.507 e. The number of benzene rings is 2. The van der Waals surface area contributed by atoms with Crippen LogP contribution >= 0.6 is 0 Å². The average Bonchev–Trinajstić information content (AvgIpc) is 3.05. The number of aromatic nitrogens is 2. The molecule has 0 saturated carbocycles. The Morgan fingerprint density at radius 3 is 2.43 bits per heavy atom. The summed E-state index contributed by atoms with van der Waals surface area (Å²) in [4.78, 5) is 10.8. The van der Waals surface area contributed by atoms with Crippen molar-refractivity contribution in [1.29, 1.82) is 0 Å². The largest absolute Gasteiger partial charge is 0.507 e. The molecule has 0 atom stereocenters. The SMILES string of the molecule is Cc1cccc(C(N)=O)c1C.Oc1ccccc1-c1nnco1. The zero-order valence-electron chi connectivity index (χ0n) is 12.9. The van der Waals surface area contributed by atoms with Gasteiger partial charge in [0.25, 0.3) is 5.89 Å². The van der Waals surface area contributed by atoms with E-state index in [0.717, 1.165) is 11.1 Å². The number of rotatable bonds is 2. The van der Waals surface area contributed by atoms with Crippen LogP contribution in [0.25, 0.3) is 11.5 Å². The van der Waals surface area contributed by atoms with Crippen molar-refractivity contribution in [2.45, 2.75) is 13.8 Å². The van der Waals surface area contributed by atoms with Crippen molar-refractivity contribution in [2.75, 3.05) is 0 Å². The van der Waals surface area contributed by atoms with E-state index in [2.05, 4.69) is 10.2 Å². The van der Waals surface area contributed by atoms with Crippen molar-refractivity contribution in [2.24, 2.45) is 5.73 Å². The van der Waals surface area contributed by atoms with E-state index in [1.807, 2.05) is 26.0 Å². The van der Waals surface area contributed by atoms with E-state index in [-0.39, 0.29) is 11.7 Å². The zero-order valence-corrected chi connectivity index (χ0v) is 12.9. The zero-order chi connectivity index (χ0) is 16.8. The van der Waals surface area contributed by atoms with Gasteiger partial charge in [0.2, 0.25) is 12.3 Å². The fourth-order valence-electron chi connectivity index (χ4n) is 1.96. The third-order valence-electron chi connectivity index (χ3n) is 3.36. The molecule has 0 unspecified atom stereocenters. The number of nitrogens with two attached hydrogens (primary N) is 1. The van der Waals surface area contributed by atoms with E-state index in [4.69, 9.17) is 10.2 Å². The summed E-state index contributed by atoms with van der Waals surface area (Å²) in [6.45, 7) is 3.86. The molecule has 0 aliphatic carbocycles. The lowest BCUT2D eigenvalue weighted by molar-refractivity contribution is 0.0999. The second kappa shape index (κ2) is 7.22. The first-order chi connectivity index (χ1) is 11.0. The lowest BCUT2D eigenvalue weighted by atomic mass is 10.0. The number of amides is 1. The van der Waals surface area contributed by atoms with Gasteiger partial charge in [0.05, 0.1) is 5.56 Å². The lowest BCUT2D eigenvalue weighted by Crippen LogP contribution is -2.12. The molecule has 2 aromatic carbocycles. The number of primary amides is 1. The van der Waals surface area contributed by atoms with Crippen LogP contribution in [0.2, 0.25) is 0 Å². The number of aromatic hydroxyl groups is 1. The number of hydrogen-bond donors (Lipinski definition) is 2. The van der Waals surface area contributed by atoms with Gasteiger partial charge in [-0.3, -0.25) is 4.79 Å². The molecule has 0 bridgehead atoms. The van der Waals surface area contributed by atoms with E-state index in [9.17, 15) is 9.90 Å². The van der Waals surface area contributed by atoms with Gasteiger partial charge in [0.1, 0.15) is 5.75 Å². The maximum atomic E-state index is 10.8. The molecule has 0 spiro atoms. The summed E-state index contributed by atoms with van der Waals surface area (Å²) in [5.41, 5.74) is 8.38. The standard InChI is InChI=1S/C9H11NO.C8H6N2O2/c1-6-4-3-5-8(7(6)2)9(10)11;11-7-4-2-1-3-6(7)8-10-9-5-12-8/h3-5H,1-2H3,(H2,10,11);1-5,11H. The highest BCUT2D eigenvalue weighted by molar-refractivity contribution is 5.94. The van der Waals surface area contributed by atoms with Gasteiger partial charge in [-0.2, -0.15) is 0 Å². The average molecular weight is 311 g/mol. The molecular formula is C17H17N3O3. The summed E-state index contributed by atoms with van der Waals surface area (Å²) in [7, 11) is 0. The van der Waals surface area contributed by atoms with Crippen LogP contribution in [-0.4, -0.2) is 21.2 Å². The predicted octanol–water partition coefficient (Wildman–Crippen LogP) is 2.84. The fraction of sp³-hybridized carbons (Fsp3) is 0.118. The summed E-state index contributed by atoms with van der Waals surface area (Å²) < 4.78 is 4.92. The van der Waals surface area contributed by atoms with Crippen LogP contribution in [0, 0.1) is 13.8 Å². The van der Waals surface area contributed by atoms with Crippen LogP contribution in [0.15, 0.2) is 53.3 Å². The fourth-order valence-corrected chi connectivity index (χ4v) is 1.96. The van der Waals surface area contributed by atoms with Crippen LogP contribution < -0.4 is 5.73 Å². The maximum Gasteiger partial charge on any atom is 0.251 e. The van der Waals surface area contributed by atoms with Crippen molar-refractivity contribution in [3.05, 3.63) is 65.5 Å². The first-order valence-corrected chi connectivity index (χ1v) is 6.91. The van der Waals surface area contributed by atoms with Gasteiger partial charge in [-0.05, 0) is 43.2 Å². The van der Waals surface area contributed by atoms with Crippen molar-refractivity contribution < 1.29 is 14.3 Å². The number of aryl methyl sites for hydroxylation is 1. The van der Waals surface area contributed by atoms with Crippen LogP contribution in [0.3, 0.4) is 0 Å². The molecule has 23 heavy (non-hydrogen) atoms. The summed E-state index contributed by atoms with van der Waals surface area (Å²) in [6.07, 6.45) is 1.22. The topological polar surface area (TPSA) is 102 Å². The highest BCUT2D eigenvalue weighted by Crippen LogP contribution is 2.25.